The van der Waals surface area contributed by atoms with Crippen molar-refractivity contribution in [1.29, 1.82) is 5.26 Å². The number of halogens is 1. The molecule has 0 unspecified atom stereocenters. The summed E-state index contributed by atoms with van der Waals surface area (Å²) in [6.45, 7) is 5.12. The molecule has 0 saturated heterocycles. The van der Waals surface area contributed by atoms with Gasteiger partial charge in [-0.25, -0.2) is 9.18 Å². The van der Waals surface area contributed by atoms with Crippen molar-refractivity contribution in [3.63, 3.8) is 0 Å². The number of hydrogen-bond acceptors (Lipinski definition) is 4. The molecular formula is C15H18FN3O3. The van der Waals surface area contributed by atoms with Gasteiger partial charge in [0.1, 0.15) is 17.8 Å². The highest BCUT2D eigenvalue weighted by atomic mass is 19.1. The molecule has 0 bridgehead atoms. The van der Waals surface area contributed by atoms with E-state index in [-0.39, 0.29) is 17.8 Å². The van der Waals surface area contributed by atoms with Crippen LogP contribution in [-0.2, 0) is 9.53 Å². The Morgan fingerprint density at radius 3 is 2.59 bits per heavy atom. The number of carbonyl (C=O) groups is 2. The molecule has 0 saturated carbocycles. The monoisotopic (exact) mass is 307 g/mol. The van der Waals surface area contributed by atoms with Crippen LogP contribution in [0, 0.1) is 17.1 Å². The van der Waals surface area contributed by atoms with Crippen LogP contribution in [0.5, 0.6) is 0 Å². The fraction of sp³-hybridized carbons (Fsp3) is 0.400. The van der Waals surface area contributed by atoms with Gasteiger partial charge in [-0.05, 0) is 39.0 Å². The van der Waals surface area contributed by atoms with Crippen molar-refractivity contribution in [3.05, 3.63) is 24.0 Å². The Balaban J connectivity index is 3.06. The predicted octanol–water partition coefficient (Wildman–Crippen LogP) is 3.05. The molecule has 0 aliphatic carbocycles. The Labute approximate surface area is 128 Å². The Morgan fingerprint density at radius 1 is 1.41 bits per heavy atom. The molecule has 22 heavy (non-hydrogen) atoms. The summed E-state index contributed by atoms with van der Waals surface area (Å²) >= 11 is 0. The van der Waals surface area contributed by atoms with E-state index >= 15 is 0 Å². The van der Waals surface area contributed by atoms with Gasteiger partial charge in [0.15, 0.2) is 0 Å². The number of nitrogens with one attached hydrogen (secondary N) is 1. The van der Waals surface area contributed by atoms with Crippen molar-refractivity contribution in [2.24, 2.45) is 0 Å². The molecular weight excluding hydrogens is 289 g/mol. The lowest BCUT2D eigenvalue weighted by molar-refractivity contribution is -0.115. The quantitative estimate of drug-likeness (QED) is 0.930. The summed E-state index contributed by atoms with van der Waals surface area (Å²) in [6.07, 6.45) is -1.03. The first-order chi connectivity index (χ1) is 10.1. The number of benzene rings is 1. The Kier molecular flexibility index (Phi) is 5.46. The highest BCUT2D eigenvalue weighted by Crippen LogP contribution is 2.27. The van der Waals surface area contributed by atoms with Gasteiger partial charge in [-0.3, -0.25) is 9.69 Å². The van der Waals surface area contributed by atoms with Crippen molar-refractivity contribution in [3.8, 4) is 6.07 Å². The zero-order chi connectivity index (χ0) is 16.9. The first kappa shape index (κ1) is 17.4. The number of anilines is 2. The molecule has 1 rings (SSSR count). The lowest BCUT2D eigenvalue weighted by Crippen LogP contribution is -2.34. The molecule has 6 nitrogen and oxygen atoms in total. The van der Waals surface area contributed by atoms with E-state index in [1.165, 1.54) is 13.1 Å². The fourth-order valence-corrected chi connectivity index (χ4v) is 1.58. The number of ether oxygens (including phenoxy) is 1. The Hall–Kier alpha value is -2.62. The number of rotatable bonds is 3. The van der Waals surface area contributed by atoms with E-state index in [0.29, 0.717) is 0 Å². The minimum absolute atomic E-state index is 0.139. The van der Waals surface area contributed by atoms with Crippen molar-refractivity contribution < 1.29 is 18.7 Å². The third-order valence-corrected chi connectivity index (χ3v) is 2.50. The van der Waals surface area contributed by atoms with Crippen LogP contribution in [0.15, 0.2) is 18.2 Å². The number of carbonyl (C=O) groups excluding carboxylic acids is 2. The van der Waals surface area contributed by atoms with Gasteiger partial charge in [0.25, 0.3) is 0 Å². The van der Waals surface area contributed by atoms with Gasteiger partial charge >= 0.3 is 6.09 Å². The maximum Gasteiger partial charge on any atom is 0.414 e. The highest BCUT2D eigenvalue weighted by Gasteiger charge is 2.23. The topological polar surface area (TPSA) is 82.4 Å². The van der Waals surface area contributed by atoms with Crippen molar-refractivity contribution in [2.45, 2.75) is 32.8 Å². The lowest BCUT2D eigenvalue weighted by atomic mass is 10.2. The van der Waals surface area contributed by atoms with Gasteiger partial charge < -0.3 is 10.1 Å². The Morgan fingerprint density at radius 2 is 2.05 bits per heavy atom. The van der Waals surface area contributed by atoms with Crippen molar-refractivity contribution in [1.82, 2.24) is 0 Å². The molecule has 1 aromatic rings. The minimum atomic E-state index is -0.705. The van der Waals surface area contributed by atoms with Gasteiger partial charge in [-0.1, -0.05) is 0 Å². The zero-order valence-electron chi connectivity index (χ0n) is 12.9. The molecule has 0 atom stereocenters. The second kappa shape index (κ2) is 6.89. The van der Waals surface area contributed by atoms with Gasteiger partial charge in [0.05, 0.1) is 17.4 Å². The van der Waals surface area contributed by atoms with Crippen LogP contribution < -0.4 is 10.2 Å². The molecule has 2 amide bonds. The molecule has 7 heteroatoms. The largest absolute Gasteiger partial charge is 0.443 e. The first-order valence-electron chi connectivity index (χ1n) is 6.57. The number of hydrogen-bond donors (Lipinski definition) is 1. The minimum Gasteiger partial charge on any atom is -0.443 e. The third-order valence-electron chi connectivity index (χ3n) is 2.50. The van der Waals surface area contributed by atoms with Gasteiger partial charge in [0.2, 0.25) is 5.91 Å². The van der Waals surface area contributed by atoms with Crippen LogP contribution in [0.1, 0.15) is 27.2 Å². The molecule has 0 radical (unpaired) electrons. The van der Waals surface area contributed by atoms with E-state index in [1.807, 2.05) is 0 Å². The van der Waals surface area contributed by atoms with Crippen molar-refractivity contribution >= 4 is 23.4 Å². The molecule has 0 aromatic heterocycles. The third kappa shape index (κ3) is 5.05. The van der Waals surface area contributed by atoms with Crippen LogP contribution >= 0.6 is 0 Å². The van der Waals surface area contributed by atoms with E-state index in [1.54, 1.807) is 26.8 Å². The zero-order valence-corrected chi connectivity index (χ0v) is 12.9. The number of amides is 2. The maximum absolute atomic E-state index is 13.5. The summed E-state index contributed by atoms with van der Waals surface area (Å²) in [5.74, 6) is -1.11. The molecule has 1 N–H and O–H groups in total. The summed E-state index contributed by atoms with van der Waals surface area (Å²) in [5.41, 5.74) is -0.348. The van der Waals surface area contributed by atoms with Gasteiger partial charge in [0, 0.05) is 7.05 Å². The van der Waals surface area contributed by atoms with E-state index in [0.717, 1.165) is 17.0 Å². The molecule has 1 aromatic carbocycles. The second-order valence-corrected chi connectivity index (χ2v) is 5.58. The van der Waals surface area contributed by atoms with Crippen LogP contribution in [0.2, 0.25) is 0 Å². The second-order valence-electron chi connectivity index (χ2n) is 5.58. The first-order valence-corrected chi connectivity index (χ1v) is 6.57. The van der Waals surface area contributed by atoms with Crippen molar-refractivity contribution in [2.75, 3.05) is 17.3 Å². The van der Waals surface area contributed by atoms with Gasteiger partial charge in [-0.2, -0.15) is 5.26 Å². The summed E-state index contributed by atoms with van der Waals surface area (Å²) < 4.78 is 18.7. The van der Waals surface area contributed by atoms with Crippen LogP contribution in [0.3, 0.4) is 0 Å². The number of nitriles is 1. The highest BCUT2D eigenvalue weighted by molar-refractivity contribution is 5.99. The van der Waals surface area contributed by atoms with Crippen LogP contribution in [0.25, 0.3) is 0 Å². The standard InChI is InChI=1S/C15H18FN3O3/c1-15(2,3)22-14(21)19(4)12-9-10(16)5-6-11(12)18-13(20)7-8-17/h5-6,9H,7H2,1-4H3,(H,18,20). The van der Waals surface area contributed by atoms with E-state index in [2.05, 4.69) is 5.32 Å². The van der Waals surface area contributed by atoms with Crippen LogP contribution in [-0.4, -0.2) is 24.6 Å². The summed E-state index contributed by atoms with van der Waals surface area (Å²) in [6, 6.07) is 5.28. The molecule has 0 aliphatic rings. The maximum atomic E-state index is 13.5. The molecule has 0 aliphatic heterocycles. The average Bonchev–Trinajstić information content (AvgIpc) is 2.38. The summed E-state index contributed by atoms with van der Waals surface area (Å²) in [5, 5.41) is 11.0. The smallest absolute Gasteiger partial charge is 0.414 e. The fourth-order valence-electron chi connectivity index (χ4n) is 1.58. The van der Waals surface area contributed by atoms with E-state index < -0.39 is 23.4 Å². The Bertz CT molecular complexity index is 617. The summed E-state index contributed by atoms with van der Waals surface area (Å²) in [7, 11) is 1.41. The summed E-state index contributed by atoms with van der Waals surface area (Å²) in [4.78, 5) is 24.7. The molecule has 118 valence electrons. The van der Waals surface area contributed by atoms with Crippen LogP contribution in [0.4, 0.5) is 20.6 Å². The SMILES string of the molecule is CN(C(=O)OC(C)(C)C)c1cc(F)ccc1NC(=O)CC#N. The molecule has 0 fully saturated rings. The van der Waals surface area contributed by atoms with Gasteiger partial charge in [-0.15, -0.1) is 0 Å². The predicted molar refractivity (Wildman–Crippen MR) is 79.9 cm³/mol. The number of nitrogens with zero attached hydrogens (tertiary/aromatic N) is 2. The average molecular weight is 307 g/mol. The normalized spacial score (nSPS) is 10.5. The molecule has 0 heterocycles. The van der Waals surface area contributed by atoms with E-state index in [4.69, 9.17) is 10.00 Å². The lowest BCUT2D eigenvalue weighted by Gasteiger charge is -2.26. The van der Waals surface area contributed by atoms with E-state index in [9.17, 15) is 14.0 Å². The molecule has 0 spiro atoms.